The SMILES string of the molecule is CCCCCn1nc(C(=O)NNC(=O)/C=C/c2cccs2)c2ccccc2c1=O. The number of fused-ring (bicyclic) bond motifs is 1. The molecule has 8 heteroatoms. The molecule has 1 aromatic carbocycles. The maximum Gasteiger partial charge on any atom is 0.290 e. The average Bonchev–Trinajstić information content (AvgIpc) is 3.26. The Kier molecular flexibility index (Phi) is 6.91. The first kappa shape index (κ1) is 20.5. The lowest BCUT2D eigenvalue weighted by atomic mass is 10.1. The quantitative estimate of drug-likeness (QED) is 0.356. The molecule has 0 bridgehead atoms. The van der Waals surface area contributed by atoms with Crippen LogP contribution in [0.4, 0.5) is 0 Å². The molecule has 0 saturated carbocycles. The summed E-state index contributed by atoms with van der Waals surface area (Å²) in [4.78, 5) is 38.2. The van der Waals surface area contributed by atoms with Gasteiger partial charge in [-0.2, -0.15) is 5.10 Å². The molecule has 3 rings (SSSR count). The average molecular weight is 410 g/mol. The topological polar surface area (TPSA) is 93.1 Å². The van der Waals surface area contributed by atoms with Gasteiger partial charge in [0, 0.05) is 22.9 Å². The number of hydrazine groups is 1. The fourth-order valence-corrected chi connectivity index (χ4v) is 3.45. The molecule has 3 aromatic rings. The highest BCUT2D eigenvalue weighted by molar-refractivity contribution is 7.10. The van der Waals surface area contributed by atoms with Crippen molar-refractivity contribution in [3.8, 4) is 0 Å². The number of nitrogens with zero attached hydrogens (tertiary/aromatic N) is 2. The van der Waals surface area contributed by atoms with E-state index in [1.54, 1.807) is 30.3 Å². The molecule has 0 unspecified atom stereocenters. The molecule has 2 amide bonds. The Hall–Kier alpha value is -3.26. The highest BCUT2D eigenvalue weighted by atomic mass is 32.1. The van der Waals surface area contributed by atoms with E-state index in [0.717, 1.165) is 24.1 Å². The lowest BCUT2D eigenvalue weighted by Gasteiger charge is -2.11. The molecule has 0 atom stereocenters. The summed E-state index contributed by atoms with van der Waals surface area (Å²) in [5.74, 6) is -1.05. The van der Waals surface area contributed by atoms with Crippen LogP contribution < -0.4 is 16.4 Å². The van der Waals surface area contributed by atoms with Crippen molar-refractivity contribution in [2.75, 3.05) is 0 Å². The lowest BCUT2D eigenvalue weighted by molar-refractivity contribution is -0.117. The van der Waals surface area contributed by atoms with Crippen LogP contribution in [0.1, 0.15) is 41.6 Å². The third-order valence-corrected chi connectivity index (χ3v) is 5.14. The normalized spacial score (nSPS) is 11.1. The van der Waals surface area contributed by atoms with Crippen molar-refractivity contribution < 1.29 is 9.59 Å². The number of hydrogen-bond acceptors (Lipinski definition) is 5. The van der Waals surface area contributed by atoms with Gasteiger partial charge in [0.25, 0.3) is 17.4 Å². The van der Waals surface area contributed by atoms with Gasteiger partial charge in [0.05, 0.1) is 5.39 Å². The van der Waals surface area contributed by atoms with Gasteiger partial charge in [0.15, 0.2) is 5.69 Å². The van der Waals surface area contributed by atoms with E-state index in [-0.39, 0.29) is 11.3 Å². The molecule has 150 valence electrons. The number of carbonyl (C=O) groups is 2. The summed E-state index contributed by atoms with van der Waals surface area (Å²) >= 11 is 1.50. The molecule has 0 aliphatic rings. The molecular weight excluding hydrogens is 388 g/mol. The molecule has 0 spiro atoms. The molecule has 0 radical (unpaired) electrons. The van der Waals surface area contributed by atoms with Gasteiger partial charge < -0.3 is 0 Å². The van der Waals surface area contributed by atoms with Gasteiger partial charge in [0.2, 0.25) is 0 Å². The smallest absolute Gasteiger partial charge is 0.268 e. The first-order valence-corrected chi connectivity index (χ1v) is 10.3. The number of nitrogens with one attached hydrogen (secondary N) is 2. The highest BCUT2D eigenvalue weighted by Crippen LogP contribution is 2.13. The molecule has 7 nitrogen and oxygen atoms in total. The molecule has 0 fully saturated rings. The molecule has 0 saturated heterocycles. The standard InChI is InChI=1S/C21H22N4O3S/c1-2-3-6-13-25-21(28)17-10-5-4-9-16(17)19(24-25)20(27)23-22-18(26)12-11-15-8-7-14-29-15/h4-5,7-12,14H,2-3,6,13H2,1H3,(H,22,26)(H,23,27)/b12-11+. The fraction of sp³-hybridized carbons (Fsp3) is 0.238. The Morgan fingerprint density at radius 2 is 1.90 bits per heavy atom. The molecule has 0 aliphatic carbocycles. The van der Waals surface area contributed by atoms with Crippen LogP contribution in [-0.2, 0) is 11.3 Å². The van der Waals surface area contributed by atoms with Crippen molar-refractivity contribution in [3.05, 3.63) is 68.8 Å². The Balaban J connectivity index is 1.78. The zero-order valence-corrected chi connectivity index (χ0v) is 16.9. The minimum Gasteiger partial charge on any atom is -0.268 e. The number of aromatic nitrogens is 2. The van der Waals surface area contributed by atoms with Crippen molar-refractivity contribution >= 4 is 40.0 Å². The Labute approximate surface area is 172 Å². The first-order valence-electron chi connectivity index (χ1n) is 9.42. The minimum atomic E-state index is -0.580. The number of benzene rings is 1. The second-order valence-corrected chi connectivity index (χ2v) is 7.40. The monoisotopic (exact) mass is 410 g/mol. The maximum absolute atomic E-state index is 12.7. The summed E-state index contributed by atoms with van der Waals surface area (Å²) in [6.07, 6.45) is 5.78. The second kappa shape index (κ2) is 9.79. The van der Waals surface area contributed by atoms with Gasteiger partial charge >= 0.3 is 0 Å². The van der Waals surface area contributed by atoms with Crippen LogP contribution in [0, 0.1) is 0 Å². The van der Waals surface area contributed by atoms with Gasteiger partial charge in [-0.15, -0.1) is 11.3 Å². The summed E-state index contributed by atoms with van der Waals surface area (Å²) in [6, 6.07) is 10.6. The van der Waals surface area contributed by atoms with Crippen LogP contribution >= 0.6 is 11.3 Å². The number of unbranched alkanes of at least 4 members (excludes halogenated alkanes) is 2. The molecule has 0 aliphatic heterocycles. The van der Waals surface area contributed by atoms with Crippen molar-refractivity contribution in [1.29, 1.82) is 0 Å². The van der Waals surface area contributed by atoms with Crippen LogP contribution in [-0.4, -0.2) is 21.6 Å². The summed E-state index contributed by atoms with van der Waals surface area (Å²) in [5.41, 5.74) is 4.59. The minimum absolute atomic E-state index is 0.0965. The van der Waals surface area contributed by atoms with Gasteiger partial charge in [-0.3, -0.25) is 25.2 Å². The van der Waals surface area contributed by atoms with Gasteiger partial charge in [0.1, 0.15) is 0 Å². The summed E-state index contributed by atoms with van der Waals surface area (Å²) in [5, 5.41) is 7.04. The third kappa shape index (κ3) is 5.17. The van der Waals surface area contributed by atoms with E-state index in [1.807, 2.05) is 17.5 Å². The number of rotatable bonds is 7. The van der Waals surface area contributed by atoms with E-state index in [1.165, 1.54) is 22.1 Å². The Morgan fingerprint density at radius 1 is 1.10 bits per heavy atom. The zero-order chi connectivity index (χ0) is 20.6. The number of hydrogen-bond donors (Lipinski definition) is 2. The number of aryl methyl sites for hydroxylation is 1. The van der Waals surface area contributed by atoms with Gasteiger partial charge in [-0.25, -0.2) is 4.68 Å². The largest absolute Gasteiger partial charge is 0.290 e. The molecule has 2 N–H and O–H groups in total. The predicted octanol–water partition coefficient (Wildman–Crippen LogP) is 3.12. The summed E-state index contributed by atoms with van der Waals surface area (Å²) in [6.45, 7) is 2.51. The maximum atomic E-state index is 12.7. The second-order valence-electron chi connectivity index (χ2n) is 6.42. The van der Waals surface area contributed by atoms with Crippen molar-refractivity contribution in [2.24, 2.45) is 0 Å². The first-order chi connectivity index (χ1) is 14.1. The highest BCUT2D eigenvalue weighted by Gasteiger charge is 2.16. The molecule has 29 heavy (non-hydrogen) atoms. The van der Waals surface area contributed by atoms with Crippen LogP contribution in [0.15, 0.2) is 52.6 Å². The van der Waals surface area contributed by atoms with E-state index in [9.17, 15) is 14.4 Å². The number of carbonyl (C=O) groups excluding carboxylic acids is 2. The van der Waals surface area contributed by atoms with Crippen LogP contribution in [0.3, 0.4) is 0 Å². The third-order valence-electron chi connectivity index (χ3n) is 4.30. The number of amides is 2. The Bertz CT molecular complexity index is 1090. The van der Waals surface area contributed by atoms with E-state index >= 15 is 0 Å². The van der Waals surface area contributed by atoms with E-state index in [4.69, 9.17) is 0 Å². The fourth-order valence-electron chi connectivity index (χ4n) is 2.83. The number of thiophene rings is 1. The Morgan fingerprint density at radius 3 is 2.62 bits per heavy atom. The molecule has 2 heterocycles. The van der Waals surface area contributed by atoms with Gasteiger partial charge in [-0.05, 0) is 30.0 Å². The van der Waals surface area contributed by atoms with Gasteiger partial charge in [-0.1, -0.05) is 44.0 Å². The molecular formula is C21H22N4O3S. The van der Waals surface area contributed by atoms with Crippen molar-refractivity contribution in [3.63, 3.8) is 0 Å². The lowest BCUT2D eigenvalue weighted by Crippen LogP contribution is -2.42. The summed E-state index contributed by atoms with van der Waals surface area (Å²) in [7, 11) is 0. The molecule has 2 aromatic heterocycles. The zero-order valence-electron chi connectivity index (χ0n) is 16.1. The van der Waals surface area contributed by atoms with Crippen molar-refractivity contribution in [1.82, 2.24) is 20.6 Å². The van der Waals surface area contributed by atoms with Crippen LogP contribution in [0.2, 0.25) is 0 Å². The van der Waals surface area contributed by atoms with E-state index in [0.29, 0.717) is 17.3 Å². The summed E-state index contributed by atoms with van der Waals surface area (Å²) < 4.78 is 1.32. The van der Waals surface area contributed by atoms with Crippen LogP contribution in [0.25, 0.3) is 16.8 Å². The van der Waals surface area contributed by atoms with E-state index in [2.05, 4.69) is 22.9 Å². The van der Waals surface area contributed by atoms with Crippen molar-refractivity contribution in [2.45, 2.75) is 32.7 Å². The predicted molar refractivity (Wildman–Crippen MR) is 114 cm³/mol. The van der Waals surface area contributed by atoms with Crippen LogP contribution in [0.5, 0.6) is 0 Å². The van der Waals surface area contributed by atoms with E-state index < -0.39 is 11.8 Å².